The van der Waals surface area contributed by atoms with Gasteiger partial charge in [0, 0.05) is 31.4 Å². The van der Waals surface area contributed by atoms with Crippen LogP contribution < -0.4 is 5.73 Å². The molecule has 1 aromatic heterocycles. The Morgan fingerprint density at radius 2 is 2.06 bits per heavy atom. The van der Waals surface area contributed by atoms with E-state index in [1.807, 2.05) is 19.9 Å². The first-order chi connectivity index (χ1) is 7.18. The Labute approximate surface area is 122 Å². The van der Waals surface area contributed by atoms with Gasteiger partial charge in [-0.2, -0.15) is 11.5 Å². The topological polar surface area (TPSA) is 58.9 Å². The number of aromatic nitrogens is 1. The van der Waals surface area contributed by atoms with E-state index in [0.717, 1.165) is 15.4 Å². The molecule has 2 rings (SSSR count). The molecule has 1 amide bonds. The van der Waals surface area contributed by atoms with E-state index in [-0.39, 0.29) is 25.8 Å². The van der Waals surface area contributed by atoms with E-state index in [0.29, 0.717) is 5.56 Å². The number of hydrogen-bond acceptors (Lipinski definition) is 1. The van der Waals surface area contributed by atoms with Gasteiger partial charge in [-0.15, -0.1) is 6.07 Å². The number of aromatic amines is 1. The van der Waals surface area contributed by atoms with Crippen molar-refractivity contribution in [2.45, 2.75) is 13.8 Å². The zero-order valence-electron chi connectivity index (χ0n) is 9.10. The largest absolute Gasteiger partial charge is 0.423 e. The van der Waals surface area contributed by atoms with Crippen molar-refractivity contribution < 1.29 is 30.6 Å². The SMILES string of the molecule is CC.NC(=O)c1cc(Br)cc2[c-]c[nH]c12.[Hf]. The van der Waals surface area contributed by atoms with E-state index < -0.39 is 5.91 Å². The van der Waals surface area contributed by atoms with Crippen molar-refractivity contribution in [1.82, 2.24) is 4.98 Å². The number of fused-ring (bicyclic) bond motifs is 1. The van der Waals surface area contributed by atoms with Gasteiger partial charge in [-0.05, 0) is 4.47 Å². The fourth-order valence-electron chi connectivity index (χ4n) is 1.26. The van der Waals surface area contributed by atoms with Crippen LogP contribution in [0.15, 0.2) is 22.8 Å². The number of H-pyrrole nitrogens is 1. The van der Waals surface area contributed by atoms with Crippen LogP contribution in [-0.2, 0) is 25.8 Å². The summed E-state index contributed by atoms with van der Waals surface area (Å²) in [5, 5.41) is 0.850. The van der Waals surface area contributed by atoms with Gasteiger partial charge in [0.2, 0.25) is 5.91 Å². The van der Waals surface area contributed by atoms with Crippen molar-refractivity contribution in [3.05, 3.63) is 34.4 Å². The summed E-state index contributed by atoms with van der Waals surface area (Å²) >= 11 is 3.29. The van der Waals surface area contributed by atoms with Gasteiger partial charge in [-0.25, -0.2) is 0 Å². The molecule has 2 aromatic rings. The second kappa shape index (κ2) is 7.01. The average molecular weight is 447 g/mol. The molecular formula is C11H12BrHfN2O-. The fraction of sp³-hybridized carbons (Fsp3) is 0.182. The number of hydrogen-bond donors (Lipinski definition) is 2. The molecule has 3 N–H and O–H groups in total. The summed E-state index contributed by atoms with van der Waals surface area (Å²) in [6.07, 6.45) is 1.66. The van der Waals surface area contributed by atoms with Crippen LogP contribution in [0.2, 0.25) is 0 Å². The summed E-state index contributed by atoms with van der Waals surface area (Å²) in [7, 11) is 0. The molecule has 84 valence electrons. The van der Waals surface area contributed by atoms with Gasteiger partial charge in [-0.3, -0.25) is 4.79 Å². The first-order valence-electron chi connectivity index (χ1n) is 4.66. The summed E-state index contributed by atoms with van der Waals surface area (Å²) < 4.78 is 0.824. The van der Waals surface area contributed by atoms with Crippen LogP contribution in [0.4, 0.5) is 0 Å². The molecular weight excluding hydrogens is 435 g/mol. The van der Waals surface area contributed by atoms with E-state index in [2.05, 4.69) is 27.0 Å². The zero-order valence-corrected chi connectivity index (χ0v) is 14.3. The van der Waals surface area contributed by atoms with Crippen LogP contribution in [0.25, 0.3) is 10.9 Å². The van der Waals surface area contributed by atoms with E-state index in [9.17, 15) is 4.79 Å². The molecule has 0 bridgehead atoms. The summed E-state index contributed by atoms with van der Waals surface area (Å²) in [4.78, 5) is 14.0. The van der Waals surface area contributed by atoms with Crippen LogP contribution >= 0.6 is 15.9 Å². The molecule has 1 aromatic carbocycles. The third kappa shape index (κ3) is 3.28. The van der Waals surface area contributed by atoms with Gasteiger partial charge in [0.25, 0.3) is 0 Å². The van der Waals surface area contributed by atoms with Crippen molar-refractivity contribution in [1.29, 1.82) is 0 Å². The Balaban J connectivity index is 0.000000711. The Bertz CT molecular complexity index is 482. The summed E-state index contributed by atoms with van der Waals surface area (Å²) in [5.41, 5.74) is 6.42. The molecule has 1 heterocycles. The van der Waals surface area contributed by atoms with Crippen LogP contribution in [0.1, 0.15) is 24.2 Å². The van der Waals surface area contributed by atoms with E-state index >= 15 is 0 Å². The number of nitrogens with two attached hydrogens (primary N) is 1. The monoisotopic (exact) mass is 447 g/mol. The Kier molecular flexibility index (Phi) is 6.83. The summed E-state index contributed by atoms with van der Waals surface area (Å²) in [6.45, 7) is 4.00. The molecule has 0 atom stereocenters. The van der Waals surface area contributed by atoms with Crippen molar-refractivity contribution >= 4 is 32.7 Å². The van der Waals surface area contributed by atoms with E-state index in [1.165, 1.54) is 0 Å². The van der Waals surface area contributed by atoms with Gasteiger partial charge in [-0.1, -0.05) is 47.6 Å². The molecule has 0 saturated carbocycles. The number of nitrogens with one attached hydrogen (secondary N) is 1. The van der Waals surface area contributed by atoms with Crippen LogP contribution in [0.3, 0.4) is 0 Å². The minimum Gasteiger partial charge on any atom is -0.423 e. The van der Waals surface area contributed by atoms with Crippen molar-refractivity contribution in [3.8, 4) is 0 Å². The second-order valence-corrected chi connectivity index (χ2v) is 3.59. The second-order valence-electron chi connectivity index (χ2n) is 2.67. The van der Waals surface area contributed by atoms with Crippen molar-refractivity contribution in [3.63, 3.8) is 0 Å². The molecule has 0 saturated heterocycles. The molecule has 3 nitrogen and oxygen atoms in total. The molecule has 0 aliphatic rings. The Hall–Kier alpha value is -0.420. The minimum absolute atomic E-state index is 0. The maximum atomic E-state index is 11.0. The van der Waals surface area contributed by atoms with Gasteiger partial charge < -0.3 is 10.7 Å². The maximum Gasteiger partial charge on any atom is 0.238 e. The predicted molar refractivity (Wildman–Crippen MR) is 64.7 cm³/mol. The quantitative estimate of drug-likeness (QED) is 0.514. The predicted octanol–water partition coefficient (Wildman–Crippen LogP) is 2.85. The van der Waals surface area contributed by atoms with Crippen LogP contribution in [0, 0.1) is 6.07 Å². The molecule has 5 heteroatoms. The molecule has 0 radical (unpaired) electrons. The Morgan fingerprint density at radius 1 is 1.44 bits per heavy atom. The number of primary amides is 1. The van der Waals surface area contributed by atoms with Crippen molar-refractivity contribution in [2.24, 2.45) is 5.73 Å². The van der Waals surface area contributed by atoms with Gasteiger partial charge in [0.1, 0.15) is 0 Å². The normalized spacial score (nSPS) is 8.94. The molecule has 0 aliphatic carbocycles. The standard InChI is InChI=1S/C9H6BrN2O.C2H6.Hf/c10-6-3-5-1-2-12-8(5)7(4-6)9(11)13;1-2;/h2-4,12H,(H2,11,13);1-2H3;/q-1;;. The third-order valence-corrected chi connectivity index (χ3v) is 2.27. The summed E-state index contributed by atoms with van der Waals surface area (Å²) in [6, 6.07) is 6.53. The average Bonchev–Trinajstić information content (AvgIpc) is 2.67. The molecule has 16 heavy (non-hydrogen) atoms. The number of carbonyl (C=O) groups is 1. The number of benzene rings is 1. The number of halogens is 1. The zero-order chi connectivity index (χ0) is 11.4. The van der Waals surface area contributed by atoms with Gasteiger partial charge in [0.05, 0.1) is 0 Å². The van der Waals surface area contributed by atoms with Crippen LogP contribution in [-0.4, -0.2) is 10.9 Å². The first kappa shape index (κ1) is 15.6. The Morgan fingerprint density at radius 3 is 2.62 bits per heavy atom. The fourth-order valence-corrected chi connectivity index (χ4v) is 1.71. The smallest absolute Gasteiger partial charge is 0.238 e. The molecule has 0 unspecified atom stereocenters. The van der Waals surface area contributed by atoms with Crippen molar-refractivity contribution in [2.75, 3.05) is 0 Å². The number of amides is 1. The van der Waals surface area contributed by atoms with Crippen LogP contribution in [0.5, 0.6) is 0 Å². The third-order valence-electron chi connectivity index (χ3n) is 1.81. The van der Waals surface area contributed by atoms with Gasteiger partial charge >= 0.3 is 0 Å². The van der Waals surface area contributed by atoms with Gasteiger partial charge in [0.15, 0.2) is 0 Å². The maximum absolute atomic E-state index is 11.0. The minimum atomic E-state index is -0.442. The number of carbonyl (C=O) groups excluding carboxylic acids is 1. The van der Waals surface area contributed by atoms with E-state index in [4.69, 9.17) is 5.73 Å². The summed E-state index contributed by atoms with van der Waals surface area (Å²) in [5.74, 6) is -0.442. The molecule has 0 aliphatic heterocycles. The van der Waals surface area contributed by atoms with E-state index in [1.54, 1.807) is 12.3 Å². The molecule has 0 fully saturated rings. The molecule has 0 spiro atoms. The number of rotatable bonds is 1. The first-order valence-corrected chi connectivity index (χ1v) is 5.46.